The highest BCUT2D eigenvalue weighted by Crippen LogP contribution is 2.41. The van der Waals surface area contributed by atoms with Crippen LogP contribution in [0, 0.1) is 6.92 Å². The third-order valence-electron chi connectivity index (χ3n) is 4.25. The number of rotatable bonds is 5. The third kappa shape index (κ3) is 4.54. The number of hydrogen-bond acceptors (Lipinski definition) is 3. The third-order valence-corrected chi connectivity index (χ3v) is 4.25. The van der Waals surface area contributed by atoms with E-state index in [4.69, 9.17) is 5.73 Å². The van der Waals surface area contributed by atoms with Crippen LogP contribution in [0.1, 0.15) is 22.3 Å². The molecular formula is C18H18F6N2O. The van der Waals surface area contributed by atoms with E-state index >= 15 is 0 Å². The van der Waals surface area contributed by atoms with Gasteiger partial charge in [-0.05, 0) is 47.9 Å². The smallest absolute Gasteiger partial charge is 0.381 e. The van der Waals surface area contributed by atoms with E-state index in [-0.39, 0.29) is 12.2 Å². The number of aliphatic hydroxyl groups is 1. The Labute approximate surface area is 151 Å². The average Bonchev–Trinajstić information content (AvgIpc) is 2.58. The predicted molar refractivity (Wildman–Crippen MR) is 89.0 cm³/mol. The van der Waals surface area contributed by atoms with E-state index in [1.807, 2.05) is 0 Å². The molecule has 0 amide bonds. The molecule has 148 valence electrons. The molecule has 0 aliphatic rings. The SMILES string of the molecule is Cc1cc(NC[C@](O)(c2cccc(C(F)(F)F)c2)C(F)(F)F)ccc1CN. The van der Waals surface area contributed by atoms with Gasteiger partial charge in [0.2, 0.25) is 5.60 Å². The van der Waals surface area contributed by atoms with Gasteiger partial charge < -0.3 is 16.2 Å². The van der Waals surface area contributed by atoms with Gasteiger partial charge in [-0.3, -0.25) is 0 Å². The Bertz CT molecular complexity index is 803. The van der Waals surface area contributed by atoms with Gasteiger partial charge in [-0.25, -0.2) is 0 Å². The molecule has 0 spiro atoms. The number of nitrogens with two attached hydrogens (primary N) is 1. The lowest BCUT2D eigenvalue weighted by molar-refractivity contribution is -0.260. The lowest BCUT2D eigenvalue weighted by atomic mass is 9.91. The average molecular weight is 392 g/mol. The number of hydrogen-bond donors (Lipinski definition) is 3. The second-order valence-electron chi connectivity index (χ2n) is 6.14. The van der Waals surface area contributed by atoms with Gasteiger partial charge >= 0.3 is 12.4 Å². The minimum atomic E-state index is -5.20. The lowest BCUT2D eigenvalue weighted by Gasteiger charge is -2.32. The van der Waals surface area contributed by atoms with E-state index < -0.39 is 35.6 Å². The van der Waals surface area contributed by atoms with E-state index in [1.165, 1.54) is 6.07 Å². The summed E-state index contributed by atoms with van der Waals surface area (Å²) in [6.07, 6.45) is -10.0. The highest BCUT2D eigenvalue weighted by Gasteiger charge is 2.55. The second kappa shape index (κ2) is 7.40. The maximum atomic E-state index is 13.5. The summed E-state index contributed by atoms with van der Waals surface area (Å²) in [5, 5.41) is 12.7. The van der Waals surface area contributed by atoms with Crippen LogP contribution in [0.4, 0.5) is 32.0 Å². The van der Waals surface area contributed by atoms with Crippen LogP contribution < -0.4 is 11.1 Å². The van der Waals surface area contributed by atoms with Gasteiger partial charge in [-0.1, -0.05) is 18.2 Å². The molecular weight excluding hydrogens is 374 g/mol. The lowest BCUT2D eigenvalue weighted by Crippen LogP contribution is -2.48. The van der Waals surface area contributed by atoms with Gasteiger partial charge in [-0.15, -0.1) is 0 Å². The molecule has 2 rings (SSSR count). The summed E-state index contributed by atoms with van der Waals surface area (Å²) in [7, 11) is 0. The molecule has 0 saturated carbocycles. The zero-order chi connectivity index (χ0) is 20.5. The van der Waals surface area contributed by atoms with Crippen LogP contribution >= 0.6 is 0 Å². The second-order valence-corrected chi connectivity index (χ2v) is 6.14. The predicted octanol–water partition coefficient (Wildman–Crippen LogP) is 4.33. The van der Waals surface area contributed by atoms with Crippen molar-refractivity contribution in [1.82, 2.24) is 0 Å². The van der Waals surface area contributed by atoms with Crippen molar-refractivity contribution >= 4 is 5.69 Å². The summed E-state index contributed by atoms with van der Waals surface area (Å²) in [4.78, 5) is 0. The zero-order valence-corrected chi connectivity index (χ0v) is 14.2. The van der Waals surface area contributed by atoms with Crippen molar-refractivity contribution in [2.75, 3.05) is 11.9 Å². The fraction of sp³-hybridized carbons (Fsp3) is 0.333. The Balaban J connectivity index is 2.36. The summed E-state index contributed by atoms with van der Waals surface area (Å²) >= 11 is 0. The van der Waals surface area contributed by atoms with E-state index in [1.54, 1.807) is 19.1 Å². The van der Waals surface area contributed by atoms with Crippen molar-refractivity contribution in [2.24, 2.45) is 5.73 Å². The van der Waals surface area contributed by atoms with Crippen molar-refractivity contribution in [3.63, 3.8) is 0 Å². The van der Waals surface area contributed by atoms with Crippen LogP contribution in [0.2, 0.25) is 0 Å². The molecule has 9 heteroatoms. The Morgan fingerprint density at radius 1 is 0.963 bits per heavy atom. The first kappa shape index (κ1) is 21.0. The molecule has 27 heavy (non-hydrogen) atoms. The van der Waals surface area contributed by atoms with E-state index in [2.05, 4.69) is 5.32 Å². The summed E-state index contributed by atoms with van der Waals surface area (Å²) in [5.74, 6) is 0. The van der Waals surface area contributed by atoms with Crippen molar-refractivity contribution in [2.45, 2.75) is 31.4 Å². The maximum Gasteiger partial charge on any atom is 0.423 e. The van der Waals surface area contributed by atoms with Gasteiger partial charge in [0, 0.05) is 12.2 Å². The van der Waals surface area contributed by atoms with Gasteiger partial charge in [0.15, 0.2) is 0 Å². The van der Waals surface area contributed by atoms with Crippen LogP contribution in [0.5, 0.6) is 0 Å². The maximum absolute atomic E-state index is 13.5. The number of aryl methyl sites for hydroxylation is 1. The van der Waals surface area contributed by atoms with Crippen molar-refractivity contribution in [3.05, 3.63) is 64.7 Å². The number of benzene rings is 2. The Hall–Kier alpha value is -2.26. The Morgan fingerprint density at radius 3 is 2.11 bits per heavy atom. The standard InChI is InChI=1S/C18H18F6N2O/c1-11-7-15(6-5-12(11)9-25)26-10-16(27,18(22,23)24)13-3-2-4-14(8-13)17(19,20)21/h2-8,26-27H,9-10,25H2,1H3/t16-/m0/s1. The quantitative estimate of drug-likeness (QED) is 0.664. The molecule has 0 aliphatic heterocycles. The van der Waals surface area contributed by atoms with Gasteiger partial charge in [0.1, 0.15) is 0 Å². The molecule has 0 heterocycles. The molecule has 4 N–H and O–H groups in total. The van der Waals surface area contributed by atoms with E-state index in [0.717, 1.165) is 23.3 Å². The fourth-order valence-electron chi connectivity index (χ4n) is 2.58. The van der Waals surface area contributed by atoms with Crippen LogP contribution in [-0.4, -0.2) is 17.8 Å². The fourth-order valence-corrected chi connectivity index (χ4v) is 2.58. The number of anilines is 1. The molecule has 0 aliphatic carbocycles. The summed E-state index contributed by atoms with van der Waals surface area (Å²) in [5.41, 5.74) is 1.66. The van der Waals surface area contributed by atoms with Crippen molar-refractivity contribution in [3.8, 4) is 0 Å². The molecule has 0 aromatic heterocycles. The summed E-state index contributed by atoms with van der Waals surface area (Å²) < 4.78 is 79.1. The van der Waals surface area contributed by atoms with Crippen molar-refractivity contribution < 1.29 is 31.4 Å². The van der Waals surface area contributed by atoms with Crippen LogP contribution in [0.3, 0.4) is 0 Å². The minimum absolute atomic E-state index is 0.253. The monoisotopic (exact) mass is 392 g/mol. The molecule has 0 unspecified atom stereocenters. The van der Waals surface area contributed by atoms with Gasteiger partial charge in [-0.2, -0.15) is 26.3 Å². The topological polar surface area (TPSA) is 58.3 Å². The molecule has 1 atom stereocenters. The summed E-state index contributed by atoms with van der Waals surface area (Å²) in [6, 6.07) is 7.24. The van der Waals surface area contributed by atoms with Crippen LogP contribution in [0.25, 0.3) is 0 Å². The van der Waals surface area contributed by atoms with Crippen molar-refractivity contribution in [1.29, 1.82) is 0 Å². The minimum Gasteiger partial charge on any atom is -0.381 e. The first-order chi connectivity index (χ1) is 12.4. The first-order valence-corrected chi connectivity index (χ1v) is 7.89. The largest absolute Gasteiger partial charge is 0.423 e. The molecule has 2 aromatic rings. The first-order valence-electron chi connectivity index (χ1n) is 7.89. The Kier molecular flexibility index (Phi) is 5.77. The van der Waals surface area contributed by atoms with Gasteiger partial charge in [0.25, 0.3) is 0 Å². The molecule has 0 bridgehead atoms. The normalized spacial score (nSPS) is 14.7. The molecule has 0 saturated heterocycles. The zero-order valence-electron chi connectivity index (χ0n) is 14.2. The molecule has 0 radical (unpaired) electrons. The van der Waals surface area contributed by atoms with E-state index in [0.29, 0.717) is 12.1 Å². The Morgan fingerprint density at radius 2 is 1.59 bits per heavy atom. The molecule has 2 aromatic carbocycles. The molecule has 3 nitrogen and oxygen atoms in total. The highest BCUT2D eigenvalue weighted by atomic mass is 19.4. The number of nitrogens with one attached hydrogen (secondary N) is 1. The number of halogens is 6. The summed E-state index contributed by atoms with van der Waals surface area (Å²) in [6.45, 7) is 0.915. The van der Waals surface area contributed by atoms with Gasteiger partial charge in [0.05, 0.1) is 12.1 Å². The van der Waals surface area contributed by atoms with Crippen LogP contribution in [0.15, 0.2) is 42.5 Å². The van der Waals surface area contributed by atoms with Crippen LogP contribution in [-0.2, 0) is 18.3 Å². The molecule has 0 fully saturated rings. The van der Waals surface area contributed by atoms with E-state index in [9.17, 15) is 31.4 Å². The number of alkyl halides is 6. The highest BCUT2D eigenvalue weighted by molar-refractivity contribution is 5.49.